The quantitative estimate of drug-likeness (QED) is 0.349. The van der Waals surface area contributed by atoms with Crippen molar-refractivity contribution in [2.75, 3.05) is 38.0 Å². The zero-order valence-electron chi connectivity index (χ0n) is 9.11. The second-order valence-corrected chi connectivity index (χ2v) is 8.63. The average molecular weight is 294 g/mol. The normalized spacial score (nSPS) is 12.0. The van der Waals surface area contributed by atoms with Crippen molar-refractivity contribution in [2.45, 2.75) is 18.1 Å². The smallest absolute Gasteiger partial charge is 0.196 e. The Morgan fingerprint density at radius 3 is 1.67 bits per heavy atom. The summed E-state index contributed by atoms with van der Waals surface area (Å²) in [5.74, 6) is 1.85. The fourth-order valence-corrected chi connectivity index (χ4v) is 7.28. The molecule has 0 rings (SSSR count). The molecule has 0 aliphatic heterocycles. The van der Waals surface area contributed by atoms with Crippen molar-refractivity contribution >= 4 is 43.1 Å². The maximum absolute atomic E-state index is 5.95. The number of methoxy groups -OCH3 is 1. The monoisotopic (exact) mass is 292 g/mol. The molecule has 0 bridgehead atoms. The molecule has 0 fully saturated rings. The highest BCUT2D eigenvalue weighted by molar-refractivity contribution is 6.75. The molecule has 15 heavy (non-hydrogen) atoms. The van der Waals surface area contributed by atoms with Gasteiger partial charge in [0.05, 0.1) is 13.2 Å². The summed E-state index contributed by atoms with van der Waals surface area (Å²) in [6.07, 6.45) is 0. The van der Waals surface area contributed by atoms with Gasteiger partial charge in [0, 0.05) is 24.7 Å². The summed E-state index contributed by atoms with van der Waals surface area (Å²) in [5.41, 5.74) is 0. The first-order valence-electron chi connectivity index (χ1n) is 5.05. The van der Waals surface area contributed by atoms with E-state index in [-0.39, 0.29) is 0 Å². The number of ether oxygens (including phenoxy) is 1. The van der Waals surface area contributed by atoms with E-state index in [1.807, 2.05) is 0 Å². The average Bonchev–Trinajstić information content (AvgIpc) is 2.19. The highest BCUT2D eigenvalue weighted by Crippen LogP contribution is 2.24. The summed E-state index contributed by atoms with van der Waals surface area (Å²) < 4.78 is 10.9. The fraction of sp³-hybridized carbons (Fsp3) is 1.00. The lowest BCUT2D eigenvalue weighted by Crippen LogP contribution is -2.40. The number of halogens is 3. The first-order valence-corrected chi connectivity index (χ1v) is 9.19. The van der Waals surface area contributed by atoms with Crippen LogP contribution in [0.1, 0.15) is 0 Å². The van der Waals surface area contributed by atoms with Gasteiger partial charge in [0.2, 0.25) is 0 Å². The summed E-state index contributed by atoms with van der Waals surface area (Å²) in [6.45, 7) is 1.23. The Morgan fingerprint density at radius 2 is 1.33 bits per heavy atom. The first-order chi connectivity index (χ1) is 7.24. The number of hydrogen-bond acceptors (Lipinski definition) is 2. The fourth-order valence-electron chi connectivity index (χ4n) is 1.45. The molecule has 0 N–H and O–H groups in total. The van der Waals surface area contributed by atoms with Gasteiger partial charge in [-0.15, -0.1) is 34.8 Å². The van der Waals surface area contributed by atoms with Crippen LogP contribution in [0.3, 0.4) is 0 Å². The summed E-state index contributed by atoms with van der Waals surface area (Å²) in [5, 5.41) is 0. The van der Waals surface area contributed by atoms with Crippen LogP contribution in [0, 0.1) is 0 Å². The molecule has 0 aromatic rings. The van der Waals surface area contributed by atoms with Gasteiger partial charge in [0.15, 0.2) is 8.32 Å². The van der Waals surface area contributed by atoms with Gasteiger partial charge >= 0.3 is 0 Å². The van der Waals surface area contributed by atoms with Crippen molar-refractivity contribution in [3.63, 3.8) is 0 Å². The molecule has 0 aliphatic rings. The van der Waals surface area contributed by atoms with Crippen LogP contribution in [0.4, 0.5) is 0 Å². The van der Waals surface area contributed by atoms with E-state index in [9.17, 15) is 0 Å². The lowest BCUT2D eigenvalue weighted by molar-refractivity contribution is 0.141. The molecule has 0 aliphatic carbocycles. The van der Waals surface area contributed by atoms with Crippen LogP contribution in [0.5, 0.6) is 0 Å². The Kier molecular flexibility index (Phi) is 10.9. The molecule has 0 unspecified atom stereocenters. The number of alkyl halides is 3. The third-order valence-electron chi connectivity index (χ3n) is 2.35. The van der Waals surface area contributed by atoms with Gasteiger partial charge in [-0.2, -0.15) is 0 Å². The van der Waals surface area contributed by atoms with E-state index in [1.165, 1.54) is 0 Å². The molecule has 0 spiro atoms. The predicted molar refractivity (Wildman–Crippen MR) is 70.2 cm³/mol. The molecular weight excluding hydrogens is 275 g/mol. The second-order valence-electron chi connectivity index (χ2n) is 3.34. The number of rotatable bonds is 10. The minimum Gasteiger partial charge on any atom is -0.414 e. The van der Waals surface area contributed by atoms with Crippen molar-refractivity contribution in [1.29, 1.82) is 0 Å². The van der Waals surface area contributed by atoms with Crippen LogP contribution < -0.4 is 0 Å². The van der Waals surface area contributed by atoms with Crippen molar-refractivity contribution < 1.29 is 9.16 Å². The van der Waals surface area contributed by atoms with E-state index < -0.39 is 8.32 Å². The van der Waals surface area contributed by atoms with Gasteiger partial charge in [0.25, 0.3) is 0 Å². The van der Waals surface area contributed by atoms with Crippen LogP contribution in [-0.4, -0.2) is 46.3 Å². The summed E-state index contributed by atoms with van der Waals surface area (Å²) in [7, 11) is -0.145. The second kappa shape index (κ2) is 10.2. The van der Waals surface area contributed by atoms with Crippen LogP contribution in [0.2, 0.25) is 18.1 Å². The standard InChI is InChI=1S/C9H19Cl3O2Si/c1-13-5-6-14-15(7-2-10,8-3-11)9-4-12/h2-9H2,1H3. The minimum atomic E-state index is -1.81. The topological polar surface area (TPSA) is 18.5 Å². The molecule has 0 aromatic heterocycles. The minimum absolute atomic E-state index is 0.613. The van der Waals surface area contributed by atoms with E-state index in [4.69, 9.17) is 44.0 Å². The van der Waals surface area contributed by atoms with Crippen molar-refractivity contribution in [1.82, 2.24) is 0 Å². The Bertz CT molecular complexity index is 132. The summed E-state index contributed by atoms with van der Waals surface area (Å²) in [4.78, 5) is 0. The lowest BCUT2D eigenvalue weighted by Gasteiger charge is -2.29. The lowest BCUT2D eigenvalue weighted by atomic mass is 10.8. The van der Waals surface area contributed by atoms with Crippen molar-refractivity contribution in [2.24, 2.45) is 0 Å². The van der Waals surface area contributed by atoms with Gasteiger partial charge in [-0.1, -0.05) is 0 Å². The van der Waals surface area contributed by atoms with E-state index in [0.717, 1.165) is 18.1 Å². The van der Waals surface area contributed by atoms with Crippen LogP contribution in [0.15, 0.2) is 0 Å². The Labute approximate surface area is 108 Å². The third-order valence-corrected chi connectivity index (χ3v) is 8.16. The molecule has 0 saturated carbocycles. The van der Waals surface area contributed by atoms with Gasteiger partial charge in [-0.25, -0.2) is 0 Å². The zero-order valence-corrected chi connectivity index (χ0v) is 12.4. The molecule has 0 saturated heterocycles. The Morgan fingerprint density at radius 1 is 0.867 bits per heavy atom. The largest absolute Gasteiger partial charge is 0.414 e. The first kappa shape index (κ1) is 16.0. The maximum Gasteiger partial charge on any atom is 0.196 e. The van der Waals surface area contributed by atoms with Crippen molar-refractivity contribution in [3.8, 4) is 0 Å². The van der Waals surface area contributed by atoms with E-state index >= 15 is 0 Å². The molecule has 0 atom stereocenters. The van der Waals surface area contributed by atoms with Crippen LogP contribution in [-0.2, 0) is 9.16 Å². The van der Waals surface area contributed by atoms with E-state index in [2.05, 4.69) is 0 Å². The molecular formula is C9H19Cl3O2Si. The highest BCUT2D eigenvalue weighted by atomic mass is 35.5. The number of hydrogen-bond donors (Lipinski definition) is 0. The molecule has 0 amide bonds. The van der Waals surface area contributed by atoms with E-state index in [0.29, 0.717) is 30.9 Å². The van der Waals surface area contributed by atoms with Crippen LogP contribution >= 0.6 is 34.8 Å². The van der Waals surface area contributed by atoms with Crippen LogP contribution in [0.25, 0.3) is 0 Å². The Balaban J connectivity index is 4.18. The van der Waals surface area contributed by atoms with Gasteiger partial charge < -0.3 is 9.16 Å². The third kappa shape index (κ3) is 7.03. The summed E-state index contributed by atoms with van der Waals surface area (Å²) in [6, 6.07) is 2.74. The van der Waals surface area contributed by atoms with Gasteiger partial charge in [-0.05, 0) is 18.1 Å². The van der Waals surface area contributed by atoms with E-state index in [1.54, 1.807) is 7.11 Å². The molecule has 0 aromatic carbocycles. The maximum atomic E-state index is 5.95. The molecule has 92 valence electrons. The molecule has 2 nitrogen and oxygen atoms in total. The predicted octanol–water partition coefficient (Wildman–Crippen LogP) is 3.31. The summed E-state index contributed by atoms with van der Waals surface area (Å²) >= 11 is 17.4. The molecule has 0 radical (unpaired) electrons. The SMILES string of the molecule is COCCO[Si](CCCl)(CCCl)CCCl. The zero-order chi connectivity index (χ0) is 11.6. The molecule has 0 heterocycles. The van der Waals surface area contributed by atoms with Crippen molar-refractivity contribution in [3.05, 3.63) is 0 Å². The highest BCUT2D eigenvalue weighted by Gasteiger charge is 2.33. The van der Waals surface area contributed by atoms with Gasteiger partial charge in [-0.3, -0.25) is 0 Å². The Hall–Kier alpha value is 1.01. The molecule has 6 heteroatoms. The van der Waals surface area contributed by atoms with Gasteiger partial charge in [0.1, 0.15) is 0 Å².